The molecule has 0 spiro atoms. The van der Waals surface area contributed by atoms with Crippen molar-refractivity contribution in [3.05, 3.63) is 54.1 Å². The number of carbonyl (C=O) groups is 1. The van der Waals surface area contributed by atoms with Crippen molar-refractivity contribution in [1.29, 1.82) is 0 Å². The molecule has 2 aromatic rings. The molecule has 2 bridgehead atoms. The van der Waals surface area contributed by atoms with Gasteiger partial charge in [0.15, 0.2) is 0 Å². The summed E-state index contributed by atoms with van der Waals surface area (Å²) in [6.45, 7) is 3.86. The first-order valence-electron chi connectivity index (χ1n) is 11.0. The standard InChI is InChI=1S/C24H30N2O4S/c1-3-30-23-7-5-4-6-22(23)26(31(28,29)20-12-8-17(2)9-13-20)16-24(27)25-21-15-18-10-11-19(21)14-18/h4-9,12-13,18-19,21H,3,10-11,14-16H2,1-2H3,(H,25,27)/t18-,19-,21-/m0/s1. The molecule has 0 aromatic heterocycles. The summed E-state index contributed by atoms with van der Waals surface area (Å²) in [5, 5.41) is 3.11. The fraction of sp³-hybridized carbons (Fsp3) is 0.458. The van der Waals surface area contributed by atoms with Crippen LogP contribution in [-0.2, 0) is 14.8 Å². The molecule has 2 fully saturated rings. The minimum Gasteiger partial charge on any atom is -0.492 e. The Hall–Kier alpha value is -2.54. The van der Waals surface area contributed by atoms with Crippen molar-refractivity contribution in [3.8, 4) is 5.75 Å². The molecule has 0 saturated heterocycles. The molecule has 166 valence electrons. The third kappa shape index (κ3) is 4.56. The number of fused-ring (bicyclic) bond motifs is 2. The third-order valence-corrected chi connectivity index (χ3v) is 8.19. The van der Waals surface area contributed by atoms with E-state index in [-0.39, 0.29) is 23.4 Å². The van der Waals surface area contributed by atoms with Gasteiger partial charge in [0, 0.05) is 6.04 Å². The van der Waals surface area contributed by atoms with Crippen LogP contribution in [0.3, 0.4) is 0 Å². The van der Waals surface area contributed by atoms with Crippen LogP contribution in [0.5, 0.6) is 5.75 Å². The molecule has 6 nitrogen and oxygen atoms in total. The van der Waals surface area contributed by atoms with Crippen LogP contribution in [-0.4, -0.2) is 33.5 Å². The number of carbonyl (C=O) groups excluding carboxylic acids is 1. The van der Waals surface area contributed by atoms with Crippen LogP contribution in [0.4, 0.5) is 5.69 Å². The van der Waals surface area contributed by atoms with Crippen molar-refractivity contribution in [2.24, 2.45) is 11.8 Å². The maximum atomic E-state index is 13.6. The van der Waals surface area contributed by atoms with Crippen LogP contribution in [0, 0.1) is 18.8 Å². The average molecular weight is 443 g/mol. The second kappa shape index (κ2) is 8.91. The highest BCUT2D eigenvalue weighted by atomic mass is 32.2. The molecule has 4 rings (SSSR count). The lowest BCUT2D eigenvalue weighted by Gasteiger charge is -2.28. The Bertz CT molecular complexity index is 1040. The summed E-state index contributed by atoms with van der Waals surface area (Å²) in [7, 11) is -3.96. The summed E-state index contributed by atoms with van der Waals surface area (Å²) < 4.78 is 34.0. The van der Waals surface area contributed by atoms with E-state index in [1.807, 2.05) is 13.8 Å². The van der Waals surface area contributed by atoms with Crippen molar-refractivity contribution in [2.45, 2.75) is 50.5 Å². The fourth-order valence-corrected chi connectivity index (χ4v) is 6.31. The van der Waals surface area contributed by atoms with Gasteiger partial charge in [-0.25, -0.2) is 8.42 Å². The predicted molar refractivity (Wildman–Crippen MR) is 121 cm³/mol. The zero-order chi connectivity index (χ0) is 22.0. The molecule has 2 aromatic carbocycles. The van der Waals surface area contributed by atoms with E-state index in [4.69, 9.17) is 4.74 Å². The highest BCUT2D eigenvalue weighted by Gasteiger charge is 2.40. The minimum absolute atomic E-state index is 0.150. The molecular formula is C24H30N2O4S. The first-order valence-corrected chi connectivity index (χ1v) is 12.4. The van der Waals surface area contributed by atoms with Crippen molar-refractivity contribution >= 4 is 21.6 Å². The number of anilines is 1. The largest absolute Gasteiger partial charge is 0.492 e. The van der Waals surface area contributed by atoms with E-state index in [1.165, 1.54) is 17.1 Å². The quantitative estimate of drug-likeness (QED) is 0.673. The zero-order valence-electron chi connectivity index (χ0n) is 18.1. The number of sulfonamides is 1. The number of rotatable bonds is 8. The summed E-state index contributed by atoms with van der Waals surface area (Å²) in [5.41, 5.74) is 1.34. The monoisotopic (exact) mass is 442 g/mol. The maximum absolute atomic E-state index is 13.6. The van der Waals surface area contributed by atoms with Gasteiger partial charge in [0.25, 0.3) is 10.0 Å². The van der Waals surface area contributed by atoms with Crippen LogP contribution in [0.25, 0.3) is 0 Å². The normalized spacial score (nSPS) is 22.3. The molecule has 1 N–H and O–H groups in total. The number of nitrogens with zero attached hydrogens (tertiary/aromatic N) is 1. The van der Waals surface area contributed by atoms with Crippen LogP contribution >= 0.6 is 0 Å². The maximum Gasteiger partial charge on any atom is 0.264 e. The number of benzene rings is 2. The van der Waals surface area contributed by atoms with Gasteiger partial charge in [0.2, 0.25) is 5.91 Å². The van der Waals surface area contributed by atoms with Crippen molar-refractivity contribution in [2.75, 3.05) is 17.5 Å². The summed E-state index contributed by atoms with van der Waals surface area (Å²) in [6, 6.07) is 13.8. The number of amides is 1. The van der Waals surface area contributed by atoms with Crippen molar-refractivity contribution in [3.63, 3.8) is 0 Å². The Morgan fingerprint density at radius 3 is 2.48 bits per heavy atom. The van der Waals surface area contributed by atoms with Gasteiger partial charge in [0.1, 0.15) is 12.3 Å². The van der Waals surface area contributed by atoms with Gasteiger partial charge in [-0.3, -0.25) is 9.10 Å². The molecule has 2 saturated carbocycles. The van der Waals surface area contributed by atoms with Crippen LogP contribution in [0.2, 0.25) is 0 Å². The number of hydrogen-bond acceptors (Lipinski definition) is 4. The number of nitrogens with one attached hydrogen (secondary N) is 1. The van der Waals surface area contributed by atoms with E-state index < -0.39 is 10.0 Å². The van der Waals surface area contributed by atoms with E-state index in [2.05, 4.69) is 5.32 Å². The Balaban J connectivity index is 1.64. The molecule has 31 heavy (non-hydrogen) atoms. The first kappa shape index (κ1) is 21.7. The summed E-state index contributed by atoms with van der Waals surface area (Å²) in [4.78, 5) is 13.2. The van der Waals surface area contributed by atoms with Gasteiger partial charge in [-0.2, -0.15) is 0 Å². The summed E-state index contributed by atoms with van der Waals surface area (Å²) in [6.07, 6.45) is 4.56. The second-order valence-electron chi connectivity index (χ2n) is 8.57. The number of para-hydroxylation sites is 2. The van der Waals surface area contributed by atoms with E-state index in [9.17, 15) is 13.2 Å². The summed E-state index contributed by atoms with van der Waals surface area (Å²) >= 11 is 0. The molecule has 0 radical (unpaired) electrons. The average Bonchev–Trinajstić information content (AvgIpc) is 3.36. The zero-order valence-corrected chi connectivity index (χ0v) is 18.9. The molecule has 7 heteroatoms. The SMILES string of the molecule is CCOc1ccccc1N(CC(=O)N[C@H]1C[C@H]2CC[C@H]1C2)S(=O)(=O)c1ccc(C)cc1. The number of aryl methyl sites for hydroxylation is 1. The fourth-order valence-electron chi connectivity index (χ4n) is 4.88. The molecule has 0 heterocycles. The smallest absolute Gasteiger partial charge is 0.264 e. The highest BCUT2D eigenvalue weighted by molar-refractivity contribution is 7.92. The molecule has 1 amide bonds. The van der Waals surface area contributed by atoms with Gasteiger partial charge in [-0.15, -0.1) is 0 Å². The Morgan fingerprint density at radius 1 is 1.10 bits per heavy atom. The van der Waals surface area contributed by atoms with E-state index in [0.717, 1.165) is 18.4 Å². The second-order valence-corrected chi connectivity index (χ2v) is 10.4. The Morgan fingerprint density at radius 2 is 1.84 bits per heavy atom. The lowest BCUT2D eigenvalue weighted by atomic mass is 9.95. The predicted octanol–water partition coefficient (Wildman–Crippen LogP) is 3.89. The molecular weight excluding hydrogens is 412 g/mol. The highest BCUT2D eigenvalue weighted by Crippen LogP contribution is 2.44. The Labute approximate surface area is 184 Å². The van der Waals surface area contributed by atoms with Gasteiger partial charge in [-0.1, -0.05) is 36.2 Å². The van der Waals surface area contributed by atoms with Crippen LogP contribution in [0.1, 0.15) is 38.2 Å². The van der Waals surface area contributed by atoms with E-state index in [1.54, 1.807) is 48.5 Å². The number of ether oxygens (including phenoxy) is 1. The third-order valence-electron chi connectivity index (χ3n) is 6.41. The van der Waals surface area contributed by atoms with Gasteiger partial charge < -0.3 is 10.1 Å². The van der Waals surface area contributed by atoms with E-state index >= 15 is 0 Å². The van der Waals surface area contributed by atoms with Crippen molar-refractivity contribution < 1.29 is 17.9 Å². The molecule has 2 aliphatic carbocycles. The number of hydrogen-bond donors (Lipinski definition) is 1. The van der Waals surface area contributed by atoms with Gasteiger partial charge in [0.05, 0.1) is 17.2 Å². The lowest BCUT2D eigenvalue weighted by Crippen LogP contribution is -2.46. The van der Waals surface area contributed by atoms with Crippen LogP contribution < -0.4 is 14.4 Å². The van der Waals surface area contributed by atoms with E-state index in [0.29, 0.717) is 29.9 Å². The van der Waals surface area contributed by atoms with Crippen LogP contribution in [0.15, 0.2) is 53.4 Å². The van der Waals surface area contributed by atoms with Crippen molar-refractivity contribution in [1.82, 2.24) is 5.32 Å². The molecule has 3 atom stereocenters. The first-order chi connectivity index (χ1) is 14.9. The van der Waals surface area contributed by atoms with Gasteiger partial charge in [-0.05, 0) is 69.2 Å². The minimum atomic E-state index is -3.96. The summed E-state index contributed by atoms with van der Waals surface area (Å²) in [5.74, 6) is 1.38. The van der Waals surface area contributed by atoms with Gasteiger partial charge >= 0.3 is 0 Å². The molecule has 0 unspecified atom stereocenters. The lowest BCUT2D eigenvalue weighted by molar-refractivity contribution is -0.120. The molecule has 2 aliphatic rings. The Kier molecular flexibility index (Phi) is 6.23. The topological polar surface area (TPSA) is 75.7 Å². The molecule has 0 aliphatic heterocycles.